The van der Waals surface area contributed by atoms with Crippen LogP contribution in [0, 0.1) is 10.4 Å². The van der Waals surface area contributed by atoms with Gasteiger partial charge in [0.2, 0.25) is 0 Å². The molecule has 0 saturated carbocycles. The Bertz CT molecular complexity index is 140. The molecule has 12 heavy (non-hydrogen) atoms. The van der Waals surface area contributed by atoms with Gasteiger partial charge in [-0.2, -0.15) is 0 Å². The molecule has 0 nitrogen and oxygen atoms in total. The van der Waals surface area contributed by atoms with Crippen LogP contribution in [0.3, 0.4) is 0 Å². The molecule has 0 aromatic heterocycles. The van der Waals surface area contributed by atoms with Gasteiger partial charge in [0.05, 0.1) is 0 Å². The molecule has 0 aliphatic rings. The van der Waals surface area contributed by atoms with E-state index in [0.717, 1.165) is 0 Å². The number of hydrogen-bond donors (Lipinski definition) is 0. The Morgan fingerprint density at radius 2 is 1.58 bits per heavy atom. The zero-order valence-corrected chi connectivity index (χ0v) is 11.8. The van der Waals surface area contributed by atoms with Crippen LogP contribution >= 0.6 is 8.92 Å². The fourth-order valence-electron chi connectivity index (χ4n) is 1.18. The van der Waals surface area contributed by atoms with Crippen LogP contribution in [0.1, 0.15) is 39.5 Å². The molecule has 2 heteroatoms. The summed E-state index contributed by atoms with van der Waals surface area (Å²) < 4.78 is 5.26. The Hall–Kier alpha value is 0.649. The van der Waals surface area contributed by atoms with Gasteiger partial charge >= 0.3 is 84.9 Å². The van der Waals surface area contributed by atoms with Crippen molar-refractivity contribution in [3.05, 3.63) is 0 Å². The molecule has 0 aliphatic carbocycles. The Kier molecular flexibility index (Phi) is 7.47. The molecule has 0 atom stereocenters. The molecular weight excluding hydrogens is 274 g/mol. The molecule has 0 saturated heterocycles. The van der Waals surface area contributed by atoms with E-state index in [0.29, 0.717) is 0 Å². The average molecular weight is 293 g/mol. The first kappa shape index (κ1) is 12.6. The van der Waals surface area contributed by atoms with Crippen LogP contribution in [-0.4, -0.2) is 17.3 Å². The van der Waals surface area contributed by atoms with Crippen molar-refractivity contribution < 1.29 is 0 Å². The van der Waals surface area contributed by atoms with Gasteiger partial charge in [0, 0.05) is 0 Å². The summed E-state index contributed by atoms with van der Waals surface area (Å²) in [5.74, 6) is 0. The van der Waals surface area contributed by atoms with E-state index in [2.05, 4.69) is 17.8 Å². The summed E-state index contributed by atoms with van der Waals surface area (Å²) in [5, 5.41) is 0. The van der Waals surface area contributed by atoms with Crippen LogP contribution in [0.2, 0.25) is 8.87 Å². The summed E-state index contributed by atoms with van der Waals surface area (Å²) >= 11 is -2.49. The molecule has 0 N–H and O–H groups in total. The Morgan fingerprint density at radius 3 is 1.83 bits per heavy atom. The van der Waals surface area contributed by atoms with Gasteiger partial charge in [-0.15, -0.1) is 0 Å². The van der Waals surface area contributed by atoms with Gasteiger partial charge in [-0.3, -0.25) is 0 Å². The number of terminal acetylenes is 1. The minimum absolute atomic E-state index is 1.17. The van der Waals surface area contributed by atoms with Crippen molar-refractivity contribution in [3.63, 3.8) is 0 Å². The second kappa shape index (κ2) is 7.09. The number of hydrogen-bond acceptors (Lipinski definition) is 0. The normalized spacial score (nSPS) is 11.2. The first-order chi connectivity index (χ1) is 5.68. The number of halogens is 1. The van der Waals surface area contributed by atoms with E-state index in [1.165, 1.54) is 34.6 Å². The summed E-state index contributed by atoms with van der Waals surface area (Å²) in [6.07, 6.45) is 10.4. The van der Waals surface area contributed by atoms with E-state index < -0.39 is 17.3 Å². The molecule has 70 valence electrons. The van der Waals surface area contributed by atoms with Crippen molar-refractivity contribution in [3.8, 4) is 10.4 Å². The van der Waals surface area contributed by atoms with Crippen LogP contribution in [-0.2, 0) is 0 Å². The first-order valence-electron chi connectivity index (χ1n) is 4.85. The summed E-state index contributed by atoms with van der Waals surface area (Å²) in [6, 6.07) is 0. The fraction of sp³-hybridized carbons (Fsp3) is 0.800. The molecule has 0 aromatic carbocycles. The fourth-order valence-corrected chi connectivity index (χ4v) is 9.73. The van der Waals surface area contributed by atoms with Crippen LogP contribution < -0.4 is 0 Å². The molecule has 0 bridgehead atoms. The molecule has 0 spiro atoms. The summed E-state index contributed by atoms with van der Waals surface area (Å²) in [5.41, 5.74) is 0. The standard InChI is InChI=1S/2C4H9.C2H.ClH.Sn/c2*1-3-4-2;1-2;;/h2*1,3-4H2,2H3;1H;1H;/q;;;;+1/p-1. The zero-order chi connectivity index (χ0) is 9.45. The Balaban J connectivity index is 3.81. The second-order valence-electron chi connectivity index (χ2n) is 3.32. The molecule has 0 radical (unpaired) electrons. The van der Waals surface area contributed by atoms with Crippen LogP contribution in [0.5, 0.6) is 0 Å². The molecule has 0 fully saturated rings. The third-order valence-electron chi connectivity index (χ3n) is 2.11. The van der Waals surface area contributed by atoms with Gasteiger partial charge in [-0.1, -0.05) is 0 Å². The van der Waals surface area contributed by atoms with Gasteiger partial charge in [-0.05, 0) is 0 Å². The van der Waals surface area contributed by atoms with Gasteiger partial charge in [0.1, 0.15) is 0 Å². The number of unbranched alkanes of at least 4 members (excludes halogenated alkanes) is 2. The molecule has 0 rings (SSSR count). The summed E-state index contributed by atoms with van der Waals surface area (Å²) in [6.45, 7) is 4.39. The molecule has 0 heterocycles. The van der Waals surface area contributed by atoms with Crippen molar-refractivity contribution in [1.29, 1.82) is 0 Å². The Morgan fingerprint density at radius 1 is 1.17 bits per heavy atom. The van der Waals surface area contributed by atoms with Gasteiger partial charge in [0.25, 0.3) is 0 Å². The third-order valence-corrected chi connectivity index (χ3v) is 13.4. The van der Waals surface area contributed by atoms with E-state index in [1.54, 1.807) is 0 Å². The monoisotopic (exact) mass is 294 g/mol. The van der Waals surface area contributed by atoms with Crippen LogP contribution in [0.15, 0.2) is 0 Å². The van der Waals surface area contributed by atoms with Gasteiger partial charge in [-0.25, -0.2) is 0 Å². The maximum absolute atomic E-state index is 6.46. The Labute approximate surface area is 84.7 Å². The van der Waals surface area contributed by atoms with E-state index >= 15 is 0 Å². The van der Waals surface area contributed by atoms with Crippen LogP contribution in [0.4, 0.5) is 0 Å². The van der Waals surface area contributed by atoms with Crippen molar-refractivity contribution >= 4 is 26.2 Å². The molecule has 0 amide bonds. The van der Waals surface area contributed by atoms with E-state index in [1.807, 2.05) is 0 Å². The van der Waals surface area contributed by atoms with Crippen molar-refractivity contribution in [1.82, 2.24) is 0 Å². The average Bonchev–Trinajstić information content (AvgIpc) is 2.11. The maximum atomic E-state index is 6.46. The third kappa shape index (κ3) is 5.32. The quantitative estimate of drug-likeness (QED) is 0.514. The predicted molar refractivity (Wildman–Crippen MR) is 59.9 cm³/mol. The van der Waals surface area contributed by atoms with Gasteiger partial charge < -0.3 is 0 Å². The van der Waals surface area contributed by atoms with Gasteiger partial charge in [0.15, 0.2) is 0 Å². The number of rotatable bonds is 6. The SMILES string of the molecule is C#[C][Sn]([Cl])([CH2]CCC)[CH2]CCC. The zero-order valence-electron chi connectivity index (χ0n) is 8.20. The van der Waals surface area contributed by atoms with Crippen molar-refractivity contribution in [2.24, 2.45) is 0 Å². The van der Waals surface area contributed by atoms with E-state index in [9.17, 15) is 0 Å². The van der Waals surface area contributed by atoms with E-state index in [4.69, 9.17) is 15.3 Å². The molecule has 0 aliphatic heterocycles. The topological polar surface area (TPSA) is 0 Å². The molecule has 0 unspecified atom stereocenters. The predicted octanol–water partition coefficient (Wildman–Crippen LogP) is 3.94. The molecular formula is C10H19ClSn. The van der Waals surface area contributed by atoms with Crippen molar-refractivity contribution in [2.75, 3.05) is 0 Å². The van der Waals surface area contributed by atoms with Crippen LogP contribution in [0.25, 0.3) is 0 Å². The summed E-state index contributed by atoms with van der Waals surface area (Å²) in [7, 11) is 6.46. The van der Waals surface area contributed by atoms with E-state index in [-0.39, 0.29) is 0 Å². The first-order valence-corrected chi connectivity index (χ1v) is 13.9. The second-order valence-corrected chi connectivity index (χ2v) is 17.4. The summed E-state index contributed by atoms with van der Waals surface area (Å²) in [4.78, 5) is 0. The minimum atomic E-state index is -2.49. The van der Waals surface area contributed by atoms with Crippen molar-refractivity contribution in [2.45, 2.75) is 48.4 Å². The molecule has 0 aromatic rings.